The first-order valence-corrected chi connectivity index (χ1v) is 10.9. The number of hydrogen-bond donors (Lipinski definition) is 1. The summed E-state index contributed by atoms with van der Waals surface area (Å²) >= 11 is 1.78. The van der Waals surface area contributed by atoms with Gasteiger partial charge < -0.3 is 10.1 Å². The van der Waals surface area contributed by atoms with Crippen molar-refractivity contribution in [2.24, 2.45) is 0 Å². The predicted octanol–water partition coefficient (Wildman–Crippen LogP) is 4.88. The largest absolute Gasteiger partial charge is 0.494 e. The summed E-state index contributed by atoms with van der Waals surface area (Å²) < 4.78 is 5.59. The third kappa shape index (κ3) is 5.81. The Morgan fingerprint density at radius 3 is 2.52 bits per heavy atom. The fourth-order valence-electron chi connectivity index (χ4n) is 3.51. The Kier molecular flexibility index (Phi) is 7.72. The van der Waals surface area contributed by atoms with Crippen molar-refractivity contribution in [1.82, 2.24) is 10.2 Å². The summed E-state index contributed by atoms with van der Waals surface area (Å²) in [6.45, 7) is 5.65. The van der Waals surface area contributed by atoms with Gasteiger partial charge in [0, 0.05) is 17.0 Å². The van der Waals surface area contributed by atoms with Gasteiger partial charge in [-0.3, -0.25) is 9.69 Å². The molecule has 5 heteroatoms. The molecule has 1 atom stereocenters. The Labute approximate surface area is 166 Å². The molecule has 1 unspecified atom stereocenters. The zero-order valence-electron chi connectivity index (χ0n) is 16.2. The molecular weight excluding hydrogens is 356 g/mol. The Bertz CT molecular complexity index is 677. The van der Waals surface area contributed by atoms with E-state index in [1.807, 2.05) is 24.3 Å². The van der Waals surface area contributed by atoms with E-state index in [9.17, 15) is 4.79 Å². The summed E-state index contributed by atoms with van der Waals surface area (Å²) in [5.41, 5.74) is 0.680. The van der Waals surface area contributed by atoms with Crippen LogP contribution in [0, 0.1) is 0 Å². The standard InChI is InChI=1S/C22H30N2O2S/c1-2-15-26-19-11-9-18(10-12-19)22(25)23-17-20(21-8-7-16-27-21)24-13-5-3-4-6-14-24/h7-12,16,20H,2-6,13-15,17H2,1H3,(H,23,25). The zero-order valence-corrected chi connectivity index (χ0v) is 17.0. The smallest absolute Gasteiger partial charge is 0.251 e. The van der Waals surface area contributed by atoms with Crippen LogP contribution in [0.2, 0.25) is 0 Å². The van der Waals surface area contributed by atoms with Crippen molar-refractivity contribution in [2.75, 3.05) is 26.2 Å². The summed E-state index contributed by atoms with van der Waals surface area (Å²) in [6.07, 6.45) is 6.09. The van der Waals surface area contributed by atoms with Crippen molar-refractivity contribution in [1.29, 1.82) is 0 Å². The van der Waals surface area contributed by atoms with E-state index in [-0.39, 0.29) is 11.9 Å². The number of carbonyl (C=O) groups excluding carboxylic acids is 1. The topological polar surface area (TPSA) is 41.6 Å². The van der Waals surface area contributed by atoms with Crippen LogP contribution in [-0.2, 0) is 0 Å². The van der Waals surface area contributed by atoms with E-state index in [0.29, 0.717) is 18.7 Å². The molecule has 1 aliphatic rings. The minimum Gasteiger partial charge on any atom is -0.494 e. The predicted molar refractivity (Wildman–Crippen MR) is 112 cm³/mol. The first-order chi connectivity index (χ1) is 13.3. The molecule has 0 saturated carbocycles. The molecule has 3 rings (SSSR count). The van der Waals surface area contributed by atoms with Gasteiger partial charge in [-0.2, -0.15) is 0 Å². The molecule has 1 aromatic heterocycles. The normalized spacial score (nSPS) is 16.5. The monoisotopic (exact) mass is 386 g/mol. The van der Waals surface area contributed by atoms with Crippen molar-refractivity contribution >= 4 is 17.2 Å². The van der Waals surface area contributed by atoms with Crippen LogP contribution in [0.25, 0.3) is 0 Å². The lowest BCUT2D eigenvalue weighted by Gasteiger charge is -2.30. The van der Waals surface area contributed by atoms with Gasteiger partial charge >= 0.3 is 0 Å². The lowest BCUT2D eigenvalue weighted by Crippen LogP contribution is -2.38. The van der Waals surface area contributed by atoms with Gasteiger partial charge in [-0.1, -0.05) is 25.8 Å². The number of carbonyl (C=O) groups is 1. The number of nitrogens with zero attached hydrogens (tertiary/aromatic N) is 1. The zero-order chi connectivity index (χ0) is 18.9. The summed E-state index contributed by atoms with van der Waals surface area (Å²) in [5.74, 6) is 0.794. The number of nitrogens with one attached hydrogen (secondary N) is 1. The van der Waals surface area contributed by atoms with Gasteiger partial charge in [0.2, 0.25) is 0 Å². The molecule has 1 amide bonds. The molecule has 0 spiro atoms. The lowest BCUT2D eigenvalue weighted by molar-refractivity contribution is 0.0934. The molecular formula is C22H30N2O2S. The van der Waals surface area contributed by atoms with Crippen molar-refractivity contribution in [2.45, 2.75) is 45.1 Å². The average Bonchev–Trinajstić information content (AvgIpc) is 3.09. The highest BCUT2D eigenvalue weighted by Gasteiger charge is 2.23. The van der Waals surface area contributed by atoms with Gasteiger partial charge in [0.25, 0.3) is 5.91 Å². The van der Waals surface area contributed by atoms with E-state index in [2.05, 4.69) is 34.7 Å². The third-order valence-corrected chi connectivity index (χ3v) is 5.97. The Hall–Kier alpha value is -1.85. The molecule has 27 heavy (non-hydrogen) atoms. The molecule has 1 fully saturated rings. The first-order valence-electron chi connectivity index (χ1n) is 10.1. The molecule has 1 aromatic carbocycles. The maximum absolute atomic E-state index is 12.6. The number of amides is 1. The van der Waals surface area contributed by atoms with Crippen molar-refractivity contribution in [3.05, 3.63) is 52.2 Å². The SMILES string of the molecule is CCCOc1ccc(C(=O)NCC(c2cccs2)N2CCCCCC2)cc1. The molecule has 4 nitrogen and oxygen atoms in total. The summed E-state index contributed by atoms with van der Waals surface area (Å²) in [5, 5.41) is 5.27. The second-order valence-corrected chi connectivity index (χ2v) is 8.04. The van der Waals surface area contributed by atoms with Crippen LogP contribution in [0.1, 0.15) is 60.3 Å². The maximum atomic E-state index is 12.6. The number of hydrogen-bond acceptors (Lipinski definition) is 4. The Balaban J connectivity index is 1.61. The van der Waals surface area contributed by atoms with Gasteiger partial charge in [-0.25, -0.2) is 0 Å². The highest BCUT2D eigenvalue weighted by Crippen LogP contribution is 2.27. The molecule has 0 aliphatic carbocycles. The first kappa shape index (κ1) is 19.9. The third-order valence-electron chi connectivity index (χ3n) is 5.00. The van der Waals surface area contributed by atoms with Crippen LogP contribution < -0.4 is 10.1 Å². The van der Waals surface area contributed by atoms with Crippen molar-refractivity contribution < 1.29 is 9.53 Å². The molecule has 2 aromatic rings. The summed E-state index contributed by atoms with van der Waals surface area (Å²) in [4.78, 5) is 16.5. The van der Waals surface area contributed by atoms with Crippen LogP contribution in [0.4, 0.5) is 0 Å². The number of benzene rings is 1. The Morgan fingerprint density at radius 1 is 1.15 bits per heavy atom. The summed E-state index contributed by atoms with van der Waals surface area (Å²) in [6, 6.07) is 12.0. The number of thiophene rings is 1. The highest BCUT2D eigenvalue weighted by molar-refractivity contribution is 7.10. The average molecular weight is 387 g/mol. The molecule has 2 heterocycles. The fourth-order valence-corrected chi connectivity index (χ4v) is 4.37. The minimum atomic E-state index is -0.0200. The van der Waals surface area contributed by atoms with Crippen molar-refractivity contribution in [3.8, 4) is 5.75 Å². The van der Waals surface area contributed by atoms with E-state index in [4.69, 9.17) is 4.74 Å². The summed E-state index contributed by atoms with van der Waals surface area (Å²) in [7, 11) is 0. The van der Waals surface area contributed by atoms with Crippen LogP contribution in [0.3, 0.4) is 0 Å². The van der Waals surface area contributed by atoms with E-state index >= 15 is 0 Å². The molecule has 0 radical (unpaired) electrons. The van der Waals surface area contributed by atoms with Gasteiger partial charge in [0.15, 0.2) is 0 Å². The quantitative estimate of drug-likeness (QED) is 0.703. The highest BCUT2D eigenvalue weighted by atomic mass is 32.1. The Morgan fingerprint density at radius 2 is 1.89 bits per heavy atom. The van der Waals surface area contributed by atoms with Crippen LogP contribution in [0.5, 0.6) is 5.75 Å². The molecule has 0 bridgehead atoms. The van der Waals surface area contributed by atoms with Gasteiger partial charge in [0.1, 0.15) is 5.75 Å². The van der Waals surface area contributed by atoms with Crippen LogP contribution >= 0.6 is 11.3 Å². The number of rotatable bonds is 8. The lowest BCUT2D eigenvalue weighted by atomic mass is 10.1. The second kappa shape index (κ2) is 10.5. The fraction of sp³-hybridized carbons (Fsp3) is 0.500. The second-order valence-electron chi connectivity index (χ2n) is 7.06. The maximum Gasteiger partial charge on any atom is 0.251 e. The number of likely N-dealkylation sites (tertiary alicyclic amines) is 1. The van der Waals surface area contributed by atoms with Gasteiger partial charge in [-0.05, 0) is 68.1 Å². The van der Waals surface area contributed by atoms with Crippen LogP contribution in [-0.4, -0.2) is 37.0 Å². The molecule has 1 N–H and O–H groups in total. The number of ether oxygens (including phenoxy) is 1. The van der Waals surface area contributed by atoms with Gasteiger partial charge in [-0.15, -0.1) is 11.3 Å². The molecule has 1 saturated heterocycles. The molecule has 146 valence electrons. The molecule has 1 aliphatic heterocycles. The van der Waals surface area contributed by atoms with Crippen molar-refractivity contribution in [3.63, 3.8) is 0 Å². The van der Waals surface area contributed by atoms with Gasteiger partial charge in [0.05, 0.1) is 12.6 Å². The van der Waals surface area contributed by atoms with Crippen LogP contribution in [0.15, 0.2) is 41.8 Å². The van der Waals surface area contributed by atoms with E-state index in [1.54, 1.807) is 11.3 Å². The van der Waals surface area contributed by atoms with E-state index in [0.717, 1.165) is 25.3 Å². The minimum absolute atomic E-state index is 0.0200. The van der Waals surface area contributed by atoms with E-state index < -0.39 is 0 Å². The van der Waals surface area contributed by atoms with E-state index in [1.165, 1.54) is 30.6 Å².